The smallest absolute Gasteiger partial charge is 0.0364 e. The Balaban J connectivity index is 2.54. The van der Waals surface area contributed by atoms with E-state index in [0.717, 1.165) is 13.1 Å². The van der Waals surface area contributed by atoms with Crippen LogP contribution >= 0.6 is 11.8 Å². The second kappa shape index (κ2) is 6.75. The number of anilines is 1. The molecule has 1 N–H and O–H groups in total. The van der Waals surface area contributed by atoms with E-state index in [-0.39, 0.29) is 0 Å². The predicted octanol–water partition coefficient (Wildman–Crippen LogP) is 2.21. The van der Waals surface area contributed by atoms with Gasteiger partial charge in [-0.25, -0.2) is 0 Å². The zero-order chi connectivity index (χ0) is 11.1. The Morgan fingerprint density at radius 1 is 1.27 bits per heavy atom. The number of nitrogens with one attached hydrogen (secondary N) is 1. The van der Waals surface area contributed by atoms with E-state index in [0.29, 0.717) is 0 Å². The van der Waals surface area contributed by atoms with E-state index in [9.17, 15) is 0 Å². The number of benzene rings is 1. The van der Waals surface area contributed by atoms with Crippen LogP contribution < -0.4 is 10.2 Å². The van der Waals surface area contributed by atoms with Gasteiger partial charge >= 0.3 is 0 Å². The Bertz CT molecular complexity index is 271. The van der Waals surface area contributed by atoms with Crippen molar-refractivity contribution in [3.63, 3.8) is 0 Å². The molecule has 1 aromatic carbocycles. The van der Waals surface area contributed by atoms with E-state index in [4.69, 9.17) is 0 Å². The van der Waals surface area contributed by atoms with Crippen molar-refractivity contribution in [2.24, 2.45) is 0 Å². The summed E-state index contributed by atoms with van der Waals surface area (Å²) in [5.41, 5.74) is 2.63. The molecule has 2 nitrogen and oxygen atoms in total. The fourth-order valence-electron chi connectivity index (χ4n) is 1.43. The van der Waals surface area contributed by atoms with Gasteiger partial charge in [-0.05, 0) is 31.0 Å². The minimum atomic E-state index is 0.939. The summed E-state index contributed by atoms with van der Waals surface area (Å²) in [5, 5.41) is 3.15. The van der Waals surface area contributed by atoms with Crippen LogP contribution in [0.2, 0.25) is 0 Å². The van der Waals surface area contributed by atoms with Crippen LogP contribution in [0, 0.1) is 0 Å². The van der Waals surface area contributed by atoms with Gasteiger partial charge in [-0.3, -0.25) is 0 Å². The van der Waals surface area contributed by atoms with E-state index in [1.807, 2.05) is 18.8 Å². The Hall–Kier alpha value is -0.670. The van der Waals surface area contributed by atoms with Crippen molar-refractivity contribution in [3.05, 3.63) is 29.8 Å². The Kier molecular flexibility index (Phi) is 5.58. The minimum Gasteiger partial charge on any atom is -0.374 e. The largest absolute Gasteiger partial charge is 0.374 e. The molecule has 0 saturated heterocycles. The molecule has 0 bridgehead atoms. The van der Waals surface area contributed by atoms with E-state index in [2.05, 4.69) is 47.8 Å². The highest BCUT2D eigenvalue weighted by atomic mass is 32.2. The molecule has 0 atom stereocenters. The maximum Gasteiger partial charge on any atom is 0.0364 e. The molecule has 0 amide bonds. The van der Waals surface area contributed by atoms with Crippen LogP contribution in [0.15, 0.2) is 24.3 Å². The number of nitrogens with zero attached hydrogens (tertiary/aromatic N) is 1. The zero-order valence-electron chi connectivity index (χ0n) is 9.79. The summed E-state index contributed by atoms with van der Waals surface area (Å²) in [4.78, 5) is 2.29. The number of thioether (sulfide) groups is 1. The highest BCUT2D eigenvalue weighted by molar-refractivity contribution is 7.98. The number of hydrogen-bond donors (Lipinski definition) is 1. The van der Waals surface area contributed by atoms with E-state index < -0.39 is 0 Å². The molecule has 1 rings (SSSR count). The molecular weight excluding hydrogens is 204 g/mol. The lowest BCUT2D eigenvalue weighted by atomic mass is 10.2. The summed E-state index contributed by atoms with van der Waals surface area (Å²) in [6.07, 6.45) is 2.14. The van der Waals surface area contributed by atoms with Crippen LogP contribution in [0.5, 0.6) is 0 Å². The first-order chi connectivity index (χ1) is 7.27. The van der Waals surface area contributed by atoms with Gasteiger partial charge in [0.25, 0.3) is 0 Å². The van der Waals surface area contributed by atoms with Crippen molar-refractivity contribution in [2.75, 3.05) is 37.5 Å². The van der Waals surface area contributed by atoms with Gasteiger partial charge in [-0.1, -0.05) is 12.1 Å². The van der Waals surface area contributed by atoms with Crippen molar-refractivity contribution in [2.45, 2.75) is 6.54 Å². The molecule has 1 aromatic rings. The third kappa shape index (κ3) is 4.14. The average Bonchev–Trinajstić information content (AvgIpc) is 2.27. The molecule has 15 heavy (non-hydrogen) atoms. The van der Waals surface area contributed by atoms with Gasteiger partial charge in [-0.15, -0.1) is 0 Å². The van der Waals surface area contributed by atoms with Crippen molar-refractivity contribution in [1.82, 2.24) is 5.32 Å². The molecule has 0 aromatic heterocycles. The van der Waals surface area contributed by atoms with Gasteiger partial charge in [0.2, 0.25) is 0 Å². The van der Waals surface area contributed by atoms with Gasteiger partial charge in [-0.2, -0.15) is 11.8 Å². The summed E-state index contributed by atoms with van der Waals surface area (Å²) in [6, 6.07) is 8.74. The molecular formula is C12H20N2S. The monoisotopic (exact) mass is 224 g/mol. The normalized spacial score (nSPS) is 10.3. The zero-order valence-corrected chi connectivity index (χ0v) is 10.6. The molecule has 0 fully saturated rings. The third-order valence-electron chi connectivity index (χ3n) is 2.39. The lowest BCUT2D eigenvalue weighted by Gasteiger charge is -2.18. The third-order valence-corrected chi connectivity index (χ3v) is 2.98. The highest BCUT2D eigenvalue weighted by Gasteiger charge is 1.99. The summed E-state index contributed by atoms with van der Waals surface area (Å²) in [6.45, 7) is 2.04. The Morgan fingerprint density at radius 3 is 2.47 bits per heavy atom. The molecule has 0 radical (unpaired) electrons. The molecule has 0 saturated carbocycles. The minimum absolute atomic E-state index is 0.939. The van der Waals surface area contributed by atoms with Crippen molar-refractivity contribution >= 4 is 17.4 Å². The second-order valence-corrected chi connectivity index (χ2v) is 4.60. The SMILES string of the molecule is CNCc1ccc(N(C)CCSC)cc1. The lowest BCUT2D eigenvalue weighted by molar-refractivity contribution is 0.817. The van der Waals surface area contributed by atoms with Crippen LogP contribution in [0.25, 0.3) is 0 Å². The van der Waals surface area contributed by atoms with Crippen LogP contribution in [-0.4, -0.2) is 32.6 Å². The maximum absolute atomic E-state index is 3.15. The van der Waals surface area contributed by atoms with Gasteiger partial charge in [0.1, 0.15) is 0 Å². The van der Waals surface area contributed by atoms with Crippen molar-refractivity contribution < 1.29 is 0 Å². The van der Waals surface area contributed by atoms with Crippen molar-refractivity contribution in [1.29, 1.82) is 0 Å². The van der Waals surface area contributed by atoms with Crippen LogP contribution in [0.3, 0.4) is 0 Å². The van der Waals surface area contributed by atoms with Gasteiger partial charge in [0.05, 0.1) is 0 Å². The van der Waals surface area contributed by atoms with Crippen LogP contribution in [0.1, 0.15) is 5.56 Å². The molecule has 84 valence electrons. The Morgan fingerprint density at radius 2 is 1.93 bits per heavy atom. The molecule has 0 aliphatic heterocycles. The van der Waals surface area contributed by atoms with Crippen LogP contribution in [-0.2, 0) is 6.54 Å². The molecule has 0 spiro atoms. The topological polar surface area (TPSA) is 15.3 Å². The second-order valence-electron chi connectivity index (χ2n) is 3.61. The van der Waals surface area contributed by atoms with Crippen LogP contribution in [0.4, 0.5) is 5.69 Å². The number of hydrogen-bond acceptors (Lipinski definition) is 3. The van der Waals surface area contributed by atoms with E-state index in [1.165, 1.54) is 17.0 Å². The fourth-order valence-corrected chi connectivity index (χ4v) is 1.89. The lowest BCUT2D eigenvalue weighted by Crippen LogP contribution is -2.20. The molecule has 0 aliphatic rings. The van der Waals surface area contributed by atoms with Gasteiger partial charge < -0.3 is 10.2 Å². The summed E-state index contributed by atoms with van der Waals surface area (Å²) >= 11 is 1.88. The van der Waals surface area contributed by atoms with E-state index >= 15 is 0 Å². The average molecular weight is 224 g/mol. The maximum atomic E-state index is 3.15. The van der Waals surface area contributed by atoms with Crippen molar-refractivity contribution in [3.8, 4) is 0 Å². The summed E-state index contributed by atoms with van der Waals surface area (Å²) in [5.74, 6) is 1.18. The molecule has 0 aliphatic carbocycles. The Labute approximate surface area is 97.1 Å². The quantitative estimate of drug-likeness (QED) is 0.797. The first-order valence-corrected chi connectivity index (χ1v) is 6.61. The molecule has 3 heteroatoms. The highest BCUT2D eigenvalue weighted by Crippen LogP contribution is 2.14. The first kappa shape index (κ1) is 12.4. The summed E-state index contributed by atoms with van der Waals surface area (Å²) < 4.78 is 0. The standard InChI is InChI=1S/C12H20N2S/c1-13-10-11-4-6-12(7-5-11)14(2)8-9-15-3/h4-7,13H,8-10H2,1-3H3. The molecule has 0 unspecified atom stereocenters. The van der Waals surface area contributed by atoms with E-state index in [1.54, 1.807) is 0 Å². The number of rotatable bonds is 6. The fraction of sp³-hybridized carbons (Fsp3) is 0.500. The predicted molar refractivity (Wildman–Crippen MR) is 70.9 cm³/mol. The van der Waals surface area contributed by atoms with Gasteiger partial charge in [0, 0.05) is 31.6 Å². The first-order valence-electron chi connectivity index (χ1n) is 5.21. The molecule has 0 heterocycles. The van der Waals surface area contributed by atoms with Gasteiger partial charge in [0.15, 0.2) is 0 Å². The summed E-state index contributed by atoms with van der Waals surface area (Å²) in [7, 11) is 4.11.